The number of anilines is 1. The molecule has 0 aromatic heterocycles. The fraction of sp³-hybridized carbons (Fsp3) is 0.500. The molecule has 0 saturated carbocycles. The predicted octanol–water partition coefficient (Wildman–Crippen LogP) is 1.08. The third-order valence-corrected chi connectivity index (χ3v) is 3.65. The van der Waals surface area contributed by atoms with Crippen LogP contribution in [-0.2, 0) is 16.0 Å². The van der Waals surface area contributed by atoms with Gasteiger partial charge in [0.2, 0.25) is 0 Å². The summed E-state index contributed by atoms with van der Waals surface area (Å²) in [6.07, 6.45) is 2.36. The lowest BCUT2D eigenvalue weighted by atomic mass is 9.98. The Bertz CT molecular complexity index is 455. The van der Waals surface area contributed by atoms with E-state index >= 15 is 0 Å². The lowest BCUT2D eigenvalue weighted by Gasteiger charge is -2.34. The van der Waals surface area contributed by atoms with Crippen molar-refractivity contribution in [3.63, 3.8) is 0 Å². The standard InChI is InChI=1S/C14H18N2O2/c15-11-8-10-4-1-2-5-12(10)16(9-11)14(17)13-6-3-7-18-13/h1-2,4-5,11,13H,3,6-9,15H2/t11?,13-/m0/s1. The maximum atomic E-state index is 12.5. The van der Waals surface area contributed by atoms with Crippen LogP contribution in [0, 0.1) is 0 Å². The first-order valence-corrected chi connectivity index (χ1v) is 6.52. The Morgan fingerprint density at radius 3 is 3.00 bits per heavy atom. The Morgan fingerprint density at radius 1 is 1.39 bits per heavy atom. The number of hydrogen-bond donors (Lipinski definition) is 1. The summed E-state index contributed by atoms with van der Waals surface area (Å²) in [5.41, 5.74) is 8.20. The van der Waals surface area contributed by atoms with Crippen LogP contribution in [0.5, 0.6) is 0 Å². The summed E-state index contributed by atoms with van der Waals surface area (Å²) in [5.74, 6) is 0.0649. The van der Waals surface area contributed by atoms with Gasteiger partial charge in [0.15, 0.2) is 0 Å². The van der Waals surface area contributed by atoms with Gasteiger partial charge in [-0.05, 0) is 30.9 Å². The second-order valence-electron chi connectivity index (χ2n) is 5.04. The summed E-state index contributed by atoms with van der Waals surface area (Å²) in [6, 6.07) is 8.01. The minimum Gasteiger partial charge on any atom is -0.368 e. The van der Waals surface area contributed by atoms with Gasteiger partial charge in [0.25, 0.3) is 5.91 Å². The molecule has 2 N–H and O–H groups in total. The molecule has 1 fully saturated rings. The molecule has 1 saturated heterocycles. The number of benzene rings is 1. The molecular formula is C14H18N2O2. The number of rotatable bonds is 1. The molecule has 4 heteroatoms. The molecule has 18 heavy (non-hydrogen) atoms. The highest BCUT2D eigenvalue weighted by atomic mass is 16.5. The first-order chi connectivity index (χ1) is 8.75. The molecule has 1 aromatic carbocycles. The zero-order chi connectivity index (χ0) is 12.5. The molecule has 0 aliphatic carbocycles. The predicted molar refractivity (Wildman–Crippen MR) is 69.4 cm³/mol. The quantitative estimate of drug-likeness (QED) is 0.806. The van der Waals surface area contributed by atoms with Crippen LogP contribution in [0.15, 0.2) is 24.3 Å². The zero-order valence-electron chi connectivity index (χ0n) is 10.3. The van der Waals surface area contributed by atoms with E-state index in [1.54, 1.807) is 4.90 Å². The van der Waals surface area contributed by atoms with Gasteiger partial charge in [0.1, 0.15) is 6.10 Å². The van der Waals surface area contributed by atoms with E-state index in [0.29, 0.717) is 13.2 Å². The highest BCUT2D eigenvalue weighted by Crippen LogP contribution is 2.28. The number of amides is 1. The summed E-state index contributed by atoms with van der Waals surface area (Å²) < 4.78 is 5.49. The lowest BCUT2D eigenvalue weighted by Crippen LogP contribution is -2.49. The molecule has 1 amide bonds. The van der Waals surface area contributed by atoms with Crippen LogP contribution in [0.3, 0.4) is 0 Å². The SMILES string of the molecule is NC1Cc2ccccc2N(C(=O)[C@@H]2CCCO2)C1. The first-order valence-electron chi connectivity index (χ1n) is 6.52. The minimum absolute atomic E-state index is 0.0188. The topological polar surface area (TPSA) is 55.6 Å². The van der Waals surface area contributed by atoms with Crippen molar-refractivity contribution in [1.29, 1.82) is 0 Å². The first kappa shape index (κ1) is 11.7. The van der Waals surface area contributed by atoms with Crippen molar-refractivity contribution in [2.24, 2.45) is 5.73 Å². The average Bonchev–Trinajstić information content (AvgIpc) is 2.90. The molecule has 1 aromatic rings. The molecule has 0 spiro atoms. The molecule has 2 heterocycles. The number of para-hydroxylation sites is 1. The van der Waals surface area contributed by atoms with E-state index in [1.807, 2.05) is 24.3 Å². The van der Waals surface area contributed by atoms with Crippen molar-refractivity contribution in [2.45, 2.75) is 31.4 Å². The summed E-state index contributed by atoms with van der Waals surface area (Å²) in [4.78, 5) is 14.3. The van der Waals surface area contributed by atoms with Gasteiger partial charge in [-0.25, -0.2) is 0 Å². The van der Waals surface area contributed by atoms with Crippen LogP contribution in [0.2, 0.25) is 0 Å². The molecule has 4 nitrogen and oxygen atoms in total. The van der Waals surface area contributed by atoms with E-state index in [-0.39, 0.29) is 18.1 Å². The average molecular weight is 246 g/mol. The number of carbonyl (C=O) groups is 1. The highest BCUT2D eigenvalue weighted by molar-refractivity contribution is 5.97. The highest BCUT2D eigenvalue weighted by Gasteiger charge is 2.33. The summed E-state index contributed by atoms with van der Waals surface area (Å²) in [5, 5.41) is 0. The summed E-state index contributed by atoms with van der Waals surface area (Å²) in [6.45, 7) is 1.29. The minimum atomic E-state index is -0.275. The van der Waals surface area contributed by atoms with Crippen LogP contribution in [0.1, 0.15) is 18.4 Å². The third-order valence-electron chi connectivity index (χ3n) is 3.65. The van der Waals surface area contributed by atoms with Crippen molar-refractivity contribution in [3.05, 3.63) is 29.8 Å². The van der Waals surface area contributed by atoms with Gasteiger partial charge < -0.3 is 15.4 Å². The number of nitrogens with zero attached hydrogens (tertiary/aromatic N) is 1. The molecule has 3 rings (SSSR count). The van der Waals surface area contributed by atoms with Crippen LogP contribution in [-0.4, -0.2) is 31.2 Å². The van der Waals surface area contributed by atoms with E-state index < -0.39 is 0 Å². The second kappa shape index (κ2) is 4.71. The number of ether oxygens (including phenoxy) is 1. The van der Waals surface area contributed by atoms with Gasteiger partial charge in [0.05, 0.1) is 0 Å². The van der Waals surface area contributed by atoms with Crippen LogP contribution in [0.25, 0.3) is 0 Å². The van der Waals surface area contributed by atoms with Crippen molar-refractivity contribution in [3.8, 4) is 0 Å². The Morgan fingerprint density at radius 2 is 2.22 bits per heavy atom. The summed E-state index contributed by atoms with van der Waals surface area (Å²) in [7, 11) is 0. The van der Waals surface area contributed by atoms with Gasteiger partial charge in [-0.1, -0.05) is 18.2 Å². The molecule has 0 radical (unpaired) electrons. The van der Waals surface area contributed by atoms with Crippen molar-refractivity contribution in [2.75, 3.05) is 18.1 Å². The maximum Gasteiger partial charge on any atom is 0.256 e. The van der Waals surface area contributed by atoms with E-state index in [9.17, 15) is 4.79 Å². The van der Waals surface area contributed by atoms with Crippen molar-refractivity contribution >= 4 is 11.6 Å². The fourth-order valence-corrected chi connectivity index (χ4v) is 2.78. The molecule has 0 bridgehead atoms. The van der Waals surface area contributed by atoms with E-state index in [0.717, 1.165) is 30.5 Å². The van der Waals surface area contributed by atoms with Crippen molar-refractivity contribution < 1.29 is 9.53 Å². The third kappa shape index (κ3) is 2.02. The molecule has 96 valence electrons. The molecule has 1 unspecified atom stereocenters. The Balaban J connectivity index is 1.89. The number of nitrogens with two attached hydrogens (primary N) is 1. The Hall–Kier alpha value is -1.39. The van der Waals surface area contributed by atoms with E-state index in [1.165, 1.54) is 0 Å². The number of hydrogen-bond acceptors (Lipinski definition) is 3. The van der Waals surface area contributed by atoms with Gasteiger partial charge in [-0.3, -0.25) is 4.79 Å². The lowest BCUT2D eigenvalue weighted by molar-refractivity contribution is -0.127. The second-order valence-corrected chi connectivity index (χ2v) is 5.04. The van der Waals surface area contributed by atoms with E-state index in [4.69, 9.17) is 10.5 Å². The van der Waals surface area contributed by atoms with Gasteiger partial charge in [-0.15, -0.1) is 0 Å². The number of carbonyl (C=O) groups excluding carboxylic acids is 1. The van der Waals surface area contributed by atoms with Crippen LogP contribution in [0.4, 0.5) is 5.69 Å². The fourth-order valence-electron chi connectivity index (χ4n) is 2.78. The van der Waals surface area contributed by atoms with Gasteiger partial charge in [0, 0.05) is 24.9 Å². The molecule has 2 atom stereocenters. The van der Waals surface area contributed by atoms with Gasteiger partial charge >= 0.3 is 0 Å². The smallest absolute Gasteiger partial charge is 0.256 e. The van der Waals surface area contributed by atoms with Crippen LogP contribution < -0.4 is 10.6 Å². The summed E-state index contributed by atoms with van der Waals surface area (Å²) >= 11 is 0. The molecule has 2 aliphatic rings. The normalized spacial score (nSPS) is 27.1. The monoisotopic (exact) mass is 246 g/mol. The molecular weight excluding hydrogens is 228 g/mol. The number of fused-ring (bicyclic) bond motifs is 1. The van der Waals surface area contributed by atoms with Crippen LogP contribution >= 0.6 is 0 Å². The Kier molecular flexibility index (Phi) is 3.06. The Labute approximate surface area is 107 Å². The zero-order valence-corrected chi connectivity index (χ0v) is 10.3. The van der Waals surface area contributed by atoms with Crippen molar-refractivity contribution in [1.82, 2.24) is 0 Å². The van der Waals surface area contributed by atoms with Gasteiger partial charge in [-0.2, -0.15) is 0 Å². The molecule has 2 aliphatic heterocycles. The largest absolute Gasteiger partial charge is 0.368 e. The maximum absolute atomic E-state index is 12.5. The van der Waals surface area contributed by atoms with E-state index in [2.05, 4.69) is 0 Å².